The zero-order valence-electron chi connectivity index (χ0n) is 15.5. The van der Waals surface area contributed by atoms with Crippen molar-refractivity contribution in [2.24, 2.45) is 0 Å². The minimum Gasteiger partial charge on any atom is -0.483 e. The van der Waals surface area contributed by atoms with E-state index in [-0.39, 0.29) is 11.9 Å². The largest absolute Gasteiger partial charge is 0.483 e. The molecule has 3 aromatic rings. The molecule has 1 N–H and O–H groups in total. The fourth-order valence-corrected chi connectivity index (χ4v) is 3.42. The van der Waals surface area contributed by atoms with Crippen molar-refractivity contribution < 1.29 is 14.6 Å². The molecule has 28 heavy (non-hydrogen) atoms. The molecule has 144 valence electrons. The molecule has 0 aliphatic carbocycles. The van der Waals surface area contributed by atoms with Gasteiger partial charge in [0, 0.05) is 6.54 Å². The van der Waals surface area contributed by atoms with Crippen molar-refractivity contribution >= 4 is 17.7 Å². The molecule has 0 saturated carbocycles. The molecule has 0 spiro atoms. The average Bonchev–Trinajstić information content (AvgIpc) is 3.11. The molecule has 0 fully saturated rings. The maximum atomic E-state index is 10.8. The first-order valence-electron chi connectivity index (χ1n) is 8.79. The lowest BCUT2D eigenvalue weighted by Gasteiger charge is -2.16. The maximum Gasteiger partial charge on any atom is 0.313 e. The van der Waals surface area contributed by atoms with Crippen LogP contribution in [0.1, 0.15) is 18.9 Å². The highest BCUT2D eigenvalue weighted by Gasteiger charge is 2.19. The van der Waals surface area contributed by atoms with Gasteiger partial charge in [0.1, 0.15) is 5.75 Å². The van der Waals surface area contributed by atoms with E-state index in [4.69, 9.17) is 9.84 Å². The predicted octanol–water partition coefficient (Wildman–Crippen LogP) is 4.45. The summed E-state index contributed by atoms with van der Waals surface area (Å²) in [6, 6.07) is 18.0. The first kappa shape index (κ1) is 19.7. The summed E-state index contributed by atoms with van der Waals surface area (Å²) in [4.78, 5) is 10.8. The second-order valence-corrected chi connectivity index (χ2v) is 7.02. The summed E-state index contributed by atoms with van der Waals surface area (Å²) >= 11 is 1.13. The van der Waals surface area contributed by atoms with Gasteiger partial charge in [-0.1, -0.05) is 60.3 Å². The van der Waals surface area contributed by atoms with Gasteiger partial charge in [-0.05, 0) is 30.2 Å². The molecule has 0 aliphatic heterocycles. The number of hydrogen-bond acceptors (Lipinski definition) is 5. The van der Waals surface area contributed by atoms with E-state index in [2.05, 4.69) is 28.9 Å². The number of benzene rings is 2. The van der Waals surface area contributed by atoms with E-state index >= 15 is 0 Å². The van der Waals surface area contributed by atoms with Crippen molar-refractivity contribution in [1.82, 2.24) is 14.8 Å². The normalized spacial score (nSPS) is 11.8. The highest BCUT2D eigenvalue weighted by Crippen LogP contribution is 2.27. The van der Waals surface area contributed by atoms with Gasteiger partial charge < -0.3 is 9.84 Å². The lowest BCUT2D eigenvalue weighted by molar-refractivity contribution is -0.133. The molecule has 3 rings (SSSR count). The monoisotopic (exact) mass is 395 g/mol. The quantitative estimate of drug-likeness (QED) is 0.426. The Kier molecular flexibility index (Phi) is 6.49. The predicted molar refractivity (Wildman–Crippen MR) is 109 cm³/mol. The van der Waals surface area contributed by atoms with Gasteiger partial charge in [-0.15, -0.1) is 16.8 Å². The van der Waals surface area contributed by atoms with E-state index in [9.17, 15) is 4.79 Å². The Hall–Kier alpha value is -3.06. The van der Waals surface area contributed by atoms with Crippen LogP contribution in [0.2, 0.25) is 0 Å². The Morgan fingerprint density at radius 2 is 1.86 bits per heavy atom. The van der Waals surface area contributed by atoms with Crippen molar-refractivity contribution in [2.45, 2.75) is 24.7 Å². The van der Waals surface area contributed by atoms with Gasteiger partial charge in [0.15, 0.2) is 17.1 Å². The standard InChI is InChI=1S/C21H21N3O3S/c1-3-13-24-20(22-23-21(24)28-14-19(25)26)15(2)27-18-11-9-17(10-12-18)16-7-5-4-6-8-16/h3-12,15H,1,13-14H2,2H3,(H,25,26)/t15-/m1/s1. The van der Waals surface area contributed by atoms with Crippen LogP contribution in [0, 0.1) is 0 Å². The van der Waals surface area contributed by atoms with Crippen LogP contribution in [-0.4, -0.2) is 31.6 Å². The summed E-state index contributed by atoms with van der Waals surface area (Å²) in [6.45, 7) is 6.12. The lowest BCUT2D eigenvalue weighted by atomic mass is 10.1. The van der Waals surface area contributed by atoms with Crippen molar-refractivity contribution in [2.75, 3.05) is 5.75 Å². The summed E-state index contributed by atoms with van der Waals surface area (Å²) in [7, 11) is 0. The van der Waals surface area contributed by atoms with Gasteiger partial charge in [-0.3, -0.25) is 9.36 Å². The van der Waals surface area contributed by atoms with E-state index < -0.39 is 5.97 Å². The highest BCUT2D eigenvalue weighted by molar-refractivity contribution is 7.99. The first-order valence-corrected chi connectivity index (χ1v) is 9.77. The van der Waals surface area contributed by atoms with Crippen LogP contribution in [0.3, 0.4) is 0 Å². The minimum absolute atomic E-state index is 0.0779. The van der Waals surface area contributed by atoms with Crippen LogP contribution in [0.15, 0.2) is 72.4 Å². The number of ether oxygens (including phenoxy) is 1. The van der Waals surface area contributed by atoms with Crippen LogP contribution in [0.4, 0.5) is 0 Å². The number of thioether (sulfide) groups is 1. The zero-order chi connectivity index (χ0) is 19.9. The molecule has 7 heteroatoms. The Morgan fingerprint density at radius 3 is 2.50 bits per heavy atom. The third-order valence-corrected chi connectivity index (χ3v) is 4.97. The molecule has 6 nitrogen and oxygen atoms in total. The average molecular weight is 395 g/mol. The van der Waals surface area contributed by atoms with Gasteiger partial charge in [0.2, 0.25) is 0 Å². The summed E-state index contributed by atoms with van der Waals surface area (Å²) in [6.07, 6.45) is 1.37. The summed E-state index contributed by atoms with van der Waals surface area (Å²) in [5.74, 6) is 0.369. The molecule has 0 aliphatic rings. The number of rotatable bonds is 9. The maximum absolute atomic E-state index is 10.8. The number of aliphatic carboxylic acids is 1. The summed E-state index contributed by atoms with van der Waals surface area (Å²) in [5, 5.41) is 17.7. The fraction of sp³-hybridized carbons (Fsp3) is 0.190. The molecule has 0 radical (unpaired) electrons. The Balaban J connectivity index is 1.74. The molecule has 2 aromatic carbocycles. The van der Waals surface area contributed by atoms with E-state index in [0.717, 1.165) is 28.6 Å². The number of nitrogens with zero attached hydrogens (tertiary/aromatic N) is 3. The Labute approximate surface area is 167 Å². The summed E-state index contributed by atoms with van der Waals surface area (Å²) < 4.78 is 7.86. The van der Waals surface area contributed by atoms with Crippen LogP contribution in [0.5, 0.6) is 5.75 Å². The number of allylic oxidation sites excluding steroid dienone is 1. The number of carbonyl (C=O) groups is 1. The number of hydrogen-bond donors (Lipinski definition) is 1. The molecule has 1 heterocycles. The topological polar surface area (TPSA) is 77.2 Å². The van der Waals surface area contributed by atoms with Crippen LogP contribution < -0.4 is 4.74 Å². The van der Waals surface area contributed by atoms with Gasteiger partial charge >= 0.3 is 5.97 Å². The van der Waals surface area contributed by atoms with Crippen LogP contribution in [-0.2, 0) is 11.3 Å². The van der Waals surface area contributed by atoms with Gasteiger partial charge in [0.05, 0.1) is 5.75 Å². The third kappa shape index (κ3) is 4.80. The zero-order valence-corrected chi connectivity index (χ0v) is 16.3. The molecule has 0 saturated heterocycles. The first-order chi connectivity index (χ1) is 13.6. The number of aromatic nitrogens is 3. The highest BCUT2D eigenvalue weighted by atomic mass is 32.2. The lowest BCUT2D eigenvalue weighted by Crippen LogP contribution is -2.12. The molecule has 1 atom stereocenters. The van der Waals surface area contributed by atoms with Gasteiger partial charge in [0.25, 0.3) is 0 Å². The third-order valence-electron chi connectivity index (χ3n) is 4.02. The van der Waals surface area contributed by atoms with E-state index in [1.807, 2.05) is 54.0 Å². The van der Waals surface area contributed by atoms with Crippen molar-refractivity contribution in [3.05, 3.63) is 73.1 Å². The number of carboxylic acids is 1. The minimum atomic E-state index is -0.900. The van der Waals surface area contributed by atoms with Crippen molar-refractivity contribution in [3.8, 4) is 16.9 Å². The SMILES string of the molecule is C=CCn1c(SCC(=O)O)nnc1[C@@H](C)Oc1ccc(-c2ccccc2)cc1. The van der Waals surface area contributed by atoms with E-state index in [1.54, 1.807) is 6.08 Å². The number of carboxylic acid groups (broad SMARTS) is 1. The van der Waals surface area contributed by atoms with Crippen LogP contribution >= 0.6 is 11.8 Å². The molecule has 1 aromatic heterocycles. The second kappa shape index (κ2) is 9.23. The van der Waals surface area contributed by atoms with Crippen molar-refractivity contribution in [1.29, 1.82) is 0 Å². The van der Waals surface area contributed by atoms with Gasteiger partial charge in [-0.25, -0.2) is 0 Å². The van der Waals surface area contributed by atoms with Crippen molar-refractivity contribution in [3.63, 3.8) is 0 Å². The molecular weight excluding hydrogens is 374 g/mol. The Bertz CT molecular complexity index is 939. The molecule has 0 amide bonds. The van der Waals surface area contributed by atoms with E-state index in [1.165, 1.54) is 0 Å². The Morgan fingerprint density at radius 1 is 1.18 bits per heavy atom. The van der Waals surface area contributed by atoms with Gasteiger partial charge in [-0.2, -0.15) is 0 Å². The fourth-order valence-electron chi connectivity index (χ4n) is 2.75. The molecular formula is C21H21N3O3S. The smallest absolute Gasteiger partial charge is 0.313 e. The molecule has 0 bridgehead atoms. The van der Waals surface area contributed by atoms with E-state index in [0.29, 0.717) is 17.5 Å². The van der Waals surface area contributed by atoms with Crippen LogP contribution in [0.25, 0.3) is 11.1 Å². The summed E-state index contributed by atoms with van der Waals surface area (Å²) in [5.41, 5.74) is 2.26. The molecule has 0 unspecified atom stereocenters. The second-order valence-electron chi connectivity index (χ2n) is 6.07.